The number of nitro groups is 1. The standard InChI is InChI=1S/C16H13N3O5/c20-16(15-10-23-13-6-1-2-7-14(13)24-15)18-17-9-11-4-3-5-12(8-11)19(21)22/h1-9,15H,10H2,(H,18,20)/b17-9-/t15-/m1/s1. The molecular weight excluding hydrogens is 314 g/mol. The van der Waals surface area contributed by atoms with E-state index in [9.17, 15) is 14.9 Å². The summed E-state index contributed by atoms with van der Waals surface area (Å²) in [5, 5.41) is 14.5. The SMILES string of the molecule is O=C(N/N=C\c1cccc([N+](=O)[O-])c1)[C@H]1COc2ccccc2O1. The van der Waals surface area contributed by atoms with Gasteiger partial charge in [0.1, 0.15) is 6.61 Å². The first-order valence-corrected chi connectivity index (χ1v) is 7.09. The summed E-state index contributed by atoms with van der Waals surface area (Å²) < 4.78 is 11.0. The summed E-state index contributed by atoms with van der Waals surface area (Å²) in [5.41, 5.74) is 2.78. The van der Waals surface area contributed by atoms with Gasteiger partial charge in [0.15, 0.2) is 11.5 Å². The van der Waals surface area contributed by atoms with Crippen LogP contribution in [0.2, 0.25) is 0 Å². The summed E-state index contributed by atoms with van der Waals surface area (Å²) >= 11 is 0. The zero-order valence-electron chi connectivity index (χ0n) is 12.4. The van der Waals surface area contributed by atoms with Crippen molar-refractivity contribution in [1.82, 2.24) is 5.43 Å². The van der Waals surface area contributed by atoms with Gasteiger partial charge in [-0.3, -0.25) is 14.9 Å². The van der Waals surface area contributed by atoms with Crippen molar-refractivity contribution in [2.45, 2.75) is 6.10 Å². The Balaban J connectivity index is 1.60. The van der Waals surface area contributed by atoms with E-state index in [1.807, 2.05) is 6.07 Å². The maximum atomic E-state index is 12.0. The lowest BCUT2D eigenvalue weighted by molar-refractivity contribution is -0.384. The molecule has 0 bridgehead atoms. The fourth-order valence-corrected chi connectivity index (χ4v) is 2.11. The molecule has 0 radical (unpaired) electrons. The molecule has 2 aromatic rings. The smallest absolute Gasteiger partial charge is 0.284 e. The minimum atomic E-state index is -0.817. The van der Waals surface area contributed by atoms with E-state index >= 15 is 0 Å². The van der Waals surface area contributed by atoms with Crippen molar-refractivity contribution in [3.8, 4) is 11.5 Å². The summed E-state index contributed by atoms with van der Waals surface area (Å²) in [6, 6.07) is 13.0. The molecule has 1 atom stereocenters. The lowest BCUT2D eigenvalue weighted by atomic mass is 10.2. The number of amides is 1. The Kier molecular flexibility index (Phi) is 4.37. The van der Waals surface area contributed by atoms with E-state index < -0.39 is 16.9 Å². The zero-order valence-corrected chi connectivity index (χ0v) is 12.4. The zero-order chi connectivity index (χ0) is 16.9. The normalized spacial score (nSPS) is 15.9. The van der Waals surface area contributed by atoms with Crippen LogP contribution < -0.4 is 14.9 Å². The Hall–Kier alpha value is -3.42. The summed E-state index contributed by atoms with van der Waals surface area (Å²) in [7, 11) is 0. The predicted molar refractivity (Wildman–Crippen MR) is 85.2 cm³/mol. The van der Waals surface area contributed by atoms with Crippen LogP contribution in [0, 0.1) is 10.1 Å². The van der Waals surface area contributed by atoms with E-state index in [2.05, 4.69) is 10.5 Å². The fourth-order valence-electron chi connectivity index (χ4n) is 2.11. The van der Waals surface area contributed by atoms with Gasteiger partial charge in [0.05, 0.1) is 11.1 Å². The van der Waals surface area contributed by atoms with E-state index in [-0.39, 0.29) is 12.3 Å². The topological polar surface area (TPSA) is 103 Å². The van der Waals surface area contributed by atoms with Crippen LogP contribution in [0.1, 0.15) is 5.56 Å². The number of carbonyl (C=O) groups is 1. The number of para-hydroxylation sites is 2. The van der Waals surface area contributed by atoms with Crippen LogP contribution in [-0.2, 0) is 4.79 Å². The average molecular weight is 327 g/mol. The Morgan fingerprint density at radius 3 is 2.83 bits per heavy atom. The van der Waals surface area contributed by atoms with Gasteiger partial charge >= 0.3 is 0 Å². The molecule has 122 valence electrons. The molecular formula is C16H13N3O5. The number of nitrogens with zero attached hydrogens (tertiary/aromatic N) is 2. The highest BCUT2D eigenvalue weighted by Crippen LogP contribution is 2.30. The number of nitro benzene ring substituents is 1. The van der Waals surface area contributed by atoms with E-state index in [4.69, 9.17) is 9.47 Å². The number of fused-ring (bicyclic) bond motifs is 1. The van der Waals surface area contributed by atoms with Gasteiger partial charge in [-0.2, -0.15) is 5.10 Å². The number of hydrazone groups is 1. The molecule has 0 aliphatic carbocycles. The largest absolute Gasteiger partial charge is 0.485 e. The molecule has 2 aromatic carbocycles. The van der Waals surface area contributed by atoms with E-state index in [0.29, 0.717) is 17.1 Å². The first-order chi connectivity index (χ1) is 11.6. The molecule has 0 spiro atoms. The number of carbonyl (C=O) groups excluding carboxylic acids is 1. The van der Waals surface area contributed by atoms with Crippen LogP contribution in [0.3, 0.4) is 0 Å². The number of benzene rings is 2. The molecule has 1 N–H and O–H groups in total. The summed E-state index contributed by atoms with van der Waals surface area (Å²) in [6.07, 6.45) is 0.505. The third-order valence-electron chi connectivity index (χ3n) is 3.27. The molecule has 3 rings (SSSR count). The molecule has 1 aliphatic rings. The van der Waals surface area contributed by atoms with Gasteiger partial charge in [-0.05, 0) is 12.1 Å². The fraction of sp³-hybridized carbons (Fsp3) is 0.125. The van der Waals surface area contributed by atoms with Gasteiger partial charge in [0, 0.05) is 17.7 Å². The van der Waals surface area contributed by atoms with Gasteiger partial charge in [-0.1, -0.05) is 24.3 Å². The third-order valence-corrected chi connectivity index (χ3v) is 3.27. The van der Waals surface area contributed by atoms with Crippen molar-refractivity contribution in [2.75, 3.05) is 6.61 Å². The molecule has 24 heavy (non-hydrogen) atoms. The lowest BCUT2D eigenvalue weighted by Gasteiger charge is -2.24. The predicted octanol–water partition coefficient (Wildman–Crippen LogP) is 1.88. The van der Waals surface area contributed by atoms with Gasteiger partial charge in [0.2, 0.25) is 6.10 Å². The van der Waals surface area contributed by atoms with Crippen LogP contribution in [0.15, 0.2) is 53.6 Å². The Morgan fingerprint density at radius 1 is 1.25 bits per heavy atom. The highest BCUT2D eigenvalue weighted by molar-refractivity contribution is 5.85. The number of hydrogen-bond acceptors (Lipinski definition) is 6. The van der Waals surface area contributed by atoms with Gasteiger partial charge in [-0.25, -0.2) is 5.43 Å². The van der Waals surface area contributed by atoms with Crippen molar-refractivity contribution >= 4 is 17.8 Å². The van der Waals surface area contributed by atoms with E-state index in [1.165, 1.54) is 24.4 Å². The minimum absolute atomic E-state index is 0.0501. The second kappa shape index (κ2) is 6.78. The molecule has 1 amide bonds. The van der Waals surface area contributed by atoms with E-state index in [1.54, 1.807) is 24.3 Å². The van der Waals surface area contributed by atoms with Crippen molar-refractivity contribution in [2.24, 2.45) is 5.10 Å². The molecule has 8 heteroatoms. The van der Waals surface area contributed by atoms with Crippen molar-refractivity contribution in [3.63, 3.8) is 0 Å². The number of nitrogens with one attached hydrogen (secondary N) is 1. The number of non-ortho nitro benzene ring substituents is 1. The first-order valence-electron chi connectivity index (χ1n) is 7.09. The van der Waals surface area contributed by atoms with Crippen molar-refractivity contribution < 1.29 is 19.2 Å². The summed E-state index contributed by atoms with van der Waals surface area (Å²) in [4.78, 5) is 22.2. The Morgan fingerprint density at radius 2 is 2.04 bits per heavy atom. The van der Waals surface area contributed by atoms with Crippen molar-refractivity contribution in [1.29, 1.82) is 0 Å². The van der Waals surface area contributed by atoms with Gasteiger partial charge in [-0.15, -0.1) is 0 Å². The summed E-state index contributed by atoms with van der Waals surface area (Å²) in [5.74, 6) is 0.611. The number of rotatable bonds is 4. The third kappa shape index (κ3) is 3.49. The highest BCUT2D eigenvalue weighted by atomic mass is 16.6. The summed E-state index contributed by atoms with van der Waals surface area (Å²) in [6.45, 7) is 0.0785. The first kappa shape index (κ1) is 15.5. The number of ether oxygens (including phenoxy) is 2. The maximum Gasteiger partial charge on any atom is 0.284 e. The minimum Gasteiger partial charge on any atom is -0.485 e. The van der Waals surface area contributed by atoms with Crippen LogP contribution in [-0.4, -0.2) is 29.8 Å². The van der Waals surface area contributed by atoms with Crippen LogP contribution in [0.5, 0.6) is 11.5 Å². The lowest BCUT2D eigenvalue weighted by Crippen LogP contribution is -2.42. The second-order valence-corrected chi connectivity index (χ2v) is 4.95. The van der Waals surface area contributed by atoms with E-state index in [0.717, 1.165) is 0 Å². The van der Waals surface area contributed by atoms with Gasteiger partial charge in [0.25, 0.3) is 11.6 Å². The maximum absolute atomic E-state index is 12.0. The van der Waals surface area contributed by atoms with Crippen LogP contribution in [0.25, 0.3) is 0 Å². The molecule has 1 heterocycles. The molecule has 1 aliphatic heterocycles. The quantitative estimate of drug-likeness (QED) is 0.525. The molecule has 0 fully saturated rings. The van der Waals surface area contributed by atoms with Crippen LogP contribution >= 0.6 is 0 Å². The molecule has 0 saturated carbocycles. The molecule has 8 nitrogen and oxygen atoms in total. The second-order valence-electron chi connectivity index (χ2n) is 4.95. The average Bonchev–Trinajstić information content (AvgIpc) is 2.61. The van der Waals surface area contributed by atoms with Crippen LogP contribution in [0.4, 0.5) is 5.69 Å². The molecule has 0 aromatic heterocycles. The van der Waals surface area contributed by atoms with Crippen molar-refractivity contribution in [3.05, 3.63) is 64.2 Å². The number of hydrogen-bond donors (Lipinski definition) is 1. The monoisotopic (exact) mass is 327 g/mol. The van der Waals surface area contributed by atoms with Gasteiger partial charge < -0.3 is 9.47 Å². The Labute approximate surface area is 136 Å². The Bertz CT molecular complexity index is 806. The molecule has 0 saturated heterocycles. The molecule has 0 unspecified atom stereocenters. The highest BCUT2D eigenvalue weighted by Gasteiger charge is 2.26.